The fourth-order valence-corrected chi connectivity index (χ4v) is 1.94. The number of aromatic nitrogens is 2. The zero-order valence-corrected chi connectivity index (χ0v) is 10.9. The van der Waals surface area contributed by atoms with E-state index in [0.29, 0.717) is 12.5 Å². The summed E-state index contributed by atoms with van der Waals surface area (Å²) in [5, 5.41) is 7.73. The van der Waals surface area contributed by atoms with E-state index >= 15 is 0 Å². The molecule has 0 spiro atoms. The van der Waals surface area contributed by atoms with Crippen molar-refractivity contribution < 1.29 is 4.39 Å². The predicted octanol–water partition coefficient (Wildman–Crippen LogP) is 3.29. The highest BCUT2D eigenvalue weighted by atomic mass is 19.1. The summed E-state index contributed by atoms with van der Waals surface area (Å²) < 4.78 is 14.6. The van der Waals surface area contributed by atoms with Gasteiger partial charge in [0, 0.05) is 31.0 Å². The topological polar surface area (TPSA) is 29.9 Å². The molecule has 0 fully saturated rings. The van der Waals surface area contributed by atoms with E-state index in [9.17, 15) is 4.39 Å². The molecule has 0 aliphatic heterocycles. The van der Waals surface area contributed by atoms with Crippen LogP contribution in [0.3, 0.4) is 0 Å². The summed E-state index contributed by atoms with van der Waals surface area (Å²) in [6.45, 7) is 4.96. The standard InChI is InChI=1S/C14H18FN3/c1-10(2)14-11(9-18(3)17-14)8-16-13-6-4-12(15)5-7-13/h4-7,9-10,16H,8H2,1-3H3. The van der Waals surface area contributed by atoms with E-state index in [1.165, 1.54) is 17.7 Å². The van der Waals surface area contributed by atoms with Crippen molar-refractivity contribution in [2.45, 2.75) is 26.3 Å². The Kier molecular flexibility index (Phi) is 3.65. The first kappa shape index (κ1) is 12.6. The second-order valence-electron chi connectivity index (χ2n) is 4.73. The largest absolute Gasteiger partial charge is 0.381 e. The maximum absolute atomic E-state index is 12.8. The number of hydrogen-bond acceptors (Lipinski definition) is 2. The van der Waals surface area contributed by atoms with Crippen molar-refractivity contribution in [2.24, 2.45) is 7.05 Å². The Morgan fingerprint density at radius 3 is 2.56 bits per heavy atom. The molecule has 0 saturated carbocycles. The van der Waals surface area contributed by atoms with Gasteiger partial charge in [-0.3, -0.25) is 4.68 Å². The molecule has 0 aliphatic rings. The van der Waals surface area contributed by atoms with Gasteiger partial charge in [-0.1, -0.05) is 13.8 Å². The second-order valence-corrected chi connectivity index (χ2v) is 4.73. The van der Waals surface area contributed by atoms with Crippen LogP contribution in [0.2, 0.25) is 0 Å². The van der Waals surface area contributed by atoms with Crippen molar-refractivity contribution in [1.82, 2.24) is 9.78 Å². The molecule has 0 unspecified atom stereocenters. The Morgan fingerprint density at radius 1 is 1.28 bits per heavy atom. The van der Waals surface area contributed by atoms with E-state index in [1.807, 2.05) is 17.9 Å². The number of benzene rings is 1. The molecule has 0 bridgehead atoms. The molecule has 0 aliphatic carbocycles. The quantitative estimate of drug-likeness (QED) is 0.898. The lowest BCUT2D eigenvalue weighted by molar-refractivity contribution is 0.628. The summed E-state index contributed by atoms with van der Waals surface area (Å²) in [6, 6.07) is 6.38. The molecule has 4 heteroatoms. The van der Waals surface area contributed by atoms with Gasteiger partial charge in [-0.25, -0.2) is 4.39 Å². The molecule has 3 nitrogen and oxygen atoms in total. The number of hydrogen-bond donors (Lipinski definition) is 1. The summed E-state index contributed by atoms with van der Waals surface area (Å²) in [6.07, 6.45) is 2.02. The molecule has 0 amide bonds. The van der Waals surface area contributed by atoms with Crippen molar-refractivity contribution in [3.63, 3.8) is 0 Å². The van der Waals surface area contributed by atoms with Gasteiger partial charge >= 0.3 is 0 Å². The van der Waals surface area contributed by atoms with Crippen molar-refractivity contribution in [3.05, 3.63) is 47.5 Å². The lowest BCUT2D eigenvalue weighted by Gasteiger charge is -2.08. The average molecular weight is 247 g/mol. The van der Waals surface area contributed by atoms with E-state index in [1.54, 1.807) is 12.1 Å². The van der Waals surface area contributed by atoms with E-state index in [0.717, 1.165) is 11.4 Å². The zero-order valence-electron chi connectivity index (χ0n) is 10.9. The van der Waals surface area contributed by atoms with Crippen molar-refractivity contribution >= 4 is 5.69 Å². The average Bonchev–Trinajstić information content (AvgIpc) is 2.70. The highest BCUT2D eigenvalue weighted by molar-refractivity contribution is 5.43. The molecule has 0 radical (unpaired) electrons. The Labute approximate surface area is 107 Å². The van der Waals surface area contributed by atoms with Crippen LogP contribution in [0.5, 0.6) is 0 Å². The highest BCUT2D eigenvalue weighted by Gasteiger charge is 2.10. The summed E-state index contributed by atoms with van der Waals surface area (Å²) in [7, 11) is 1.92. The Bertz CT molecular complexity index is 514. The van der Waals surface area contributed by atoms with E-state index in [4.69, 9.17) is 0 Å². The number of rotatable bonds is 4. The van der Waals surface area contributed by atoms with Gasteiger partial charge in [0.25, 0.3) is 0 Å². The third-order valence-electron chi connectivity index (χ3n) is 2.81. The van der Waals surface area contributed by atoms with Crippen LogP contribution in [0.25, 0.3) is 0 Å². The molecule has 1 aromatic heterocycles. The normalized spacial score (nSPS) is 10.9. The monoisotopic (exact) mass is 247 g/mol. The van der Waals surface area contributed by atoms with E-state index < -0.39 is 0 Å². The lowest BCUT2D eigenvalue weighted by Crippen LogP contribution is -2.02. The van der Waals surface area contributed by atoms with Crippen LogP contribution in [0.15, 0.2) is 30.5 Å². The molecule has 1 aromatic carbocycles. The first-order valence-electron chi connectivity index (χ1n) is 6.08. The van der Waals surface area contributed by atoms with Crippen LogP contribution >= 0.6 is 0 Å². The van der Waals surface area contributed by atoms with Gasteiger partial charge in [0.05, 0.1) is 5.69 Å². The number of nitrogens with one attached hydrogen (secondary N) is 1. The Hall–Kier alpha value is -1.84. The summed E-state index contributed by atoms with van der Waals surface area (Å²) >= 11 is 0. The molecule has 0 saturated heterocycles. The first-order valence-corrected chi connectivity index (χ1v) is 6.08. The van der Waals surface area contributed by atoms with Crippen molar-refractivity contribution in [3.8, 4) is 0 Å². The smallest absolute Gasteiger partial charge is 0.123 e. The van der Waals surface area contributed by atoms with Gasteiger partial charge in [-0.2, -0.15) is 5.10 Å². The summed E-state index contributed by atoms with van der Waals surface area (Å²) in [4.78, 5) is 0. The van der Waals surface area contributed by atoms with E-state index in [2.05, 4.69) is 24.3 Å². The van der Waals surface area contributed by atoms with Crippen LogP contribution in [-0.4, -0.2) is 9.78 Å². The molecule has 0 atom stereocenters. The van der Waals surface area contributed by atoms with Gasteiger partial charge in [0.1, 0.15) is 5.82 Å². The van der Waals surface area contributed by atoms with Crippen LogP contribution in [0, 0.1) is 5.82 Å². The number of nitrogens with zero attached hydrogens (tertiary/aromatic N) is 2. The van der Waals surface area contributed by atoms with Crippen LogP contribution in [0.1, 0.15) is 31.0 Å². The number of halogens is 1. The molecule has 1 N–H and O–H groups in total. The number of anilines is 1. The zero-order chi connectivity index (χ0) is 13.1. The maximum Gasteiger partial charge on any atom is 0.123 e. The predicted molar refractivity (Wildman–Crippen MR) is 71.0 cm³/mol. The lowest BCUT2D eigenvalue weighted by atomic mass is 10.1. The van der Waals surface area contributed by atoms with Gasteiger partial charge in [0.15, 0.2) is 0 Å². The fourth-order valence-electron chi connectivity index (χ4n) is 1.94. The fraction of sp³-hybridized carbons (Fsp3) is 0.357. The second kappa shape index (κ2) is 5.21. The minimum absolute atomic E-state index is 0.218. The first-order chi connectivity index (χ1) is 8.56. The highest BCUT2D eigenvalue weighted by Crippen LogP contribution is 2.18. The van der Waals surface area contributed by atoms with Crippen LogP contribution in [0.4, 0.5) is 10.1 Å². The molecular weight excluding hydrogens is 229 g/mol. The molecule has 2 rings (SSSR count). The molecule has 2 aromatic rings. The number of aryl methyl sites for hydroxylation is 1. The Morgan fingerprint density at radius 2 is 1.94 bits per heavy atom. The third kappa shape index (κ3) is 2.88. The van der Waals surface area contributed by atoms with Crippen LogP contribution < -0.4 is 5.32 Å². The summed E-state index contributed by atoms with van der Waals surface area (Å²) in [5.41, 5.74) is 3.19. The minimum atomic E-state index is -0.218. The molecule has 96 valence electrons. The molecule has 1 heterocycles. The SMILES string of the molecule is CC(C)c1nn(C)cc1CNc1ccc(F)cc1. The molecule has 18 heavy (non-hydrogen) atoms. The van der Waals surface area contributed by atoms with Gasteiger partial charge in [-0.05, 0) is 30.2 Å². The van der Waals surface area contributed by atoms with Crippen molar-refractivity contribution in [2.75, 3.05) is 5.32 Å². The molecular formula is C14H18FN3. The Balaban J connectivity index is 2.08. The van der Waals surface area contributed by atoms with Crippen LogP contribution in [-0.2, 0) is 13.6 Å². The van der Waals surface area contributed by atoms with Gasteiger partial charge in [-0.15, -0.1) is 0 Å². The van der Waals surface area contributed by atoms with E-state index in [-0.39, 0.29) is 5.82 Å². The van der Waals surface area contributed by atoms with Gasteiger partial charge in [0.2, 0.25) is 0 Å². The maximum atomic E-state index is 12.8. The third-order valence-corrected chi connectivity index (χ3v) is 2.81. The summed E-state index contributed by atoms with van der Waals surface area (Å²) in [5.74, 6) is 0.181. The van der Waals surface area contributed by atoms with Crippen molar-refractivity contribution in [1.29, 1.82) is 0 Å². The minimum Gasteiger partial charge on any atom is -0.381 e. The van der Waals surface area contributed by atoms with Gasteiger partial charge < -0.3 is 5.32 Å².